The SMILES string of the molecule is CCOC(=O)c1oc2ccc(Br)cc2c1CSc1nnc(-c2ccc(F)cc2)n1C. The van der Waals surface area contributed by atoms with Gasteiger partial charge in [-0.15, -0.1) is 10.2 Å². The lowest BCUT2D eigenvalue weighted by Gasteiger charge is -2.05. The Morgan fingerprint density at radius 3 is 2.73 bits per heavy atom. The fourth-order valence-corrected chi connectivity index (χ4v) is 4.35. The maximum Gasteiger partial charge on any atom is 0.374 e. The maximum atomic E-state index is 13.2. The largest absolute Gasteiger partial charge is 0.460 e. The van der Waals surface area contributed by atoms with Crippen molar-refractivity contribution in [1.29, 1.82) is 0 Å². The average molecular weight is 490 g/mol. The van der Waals surface area contributed by atoms with Crippen molar-refractivity contribution in [2.45, 2.75) is 17.8 Å². The molecule has 0 N–H and O–H groups in total. The van der Waals surface area contributed by atoms with Gasteiger partial charge in [-0.05, 0) is 49.4 Å². The molecule has 0 saturated heterocycles. The Morgan fingerprint density at radius 2 is 2.00 bits per heavy atom. The second-order valence-corrected chi connectivity index (χ2v) is 8.29. The molecule has 0 unspecified atom stereocenters. The molecule has 0 fully saturated rings. The molecule has 30 heavy (non-hydrogen) atoms. The molecule has 6 nitrogen and oxygen atoms in total. The fraction of sp³-hybridized carbons (Fsp3) is 0.190. The average Bonchev–Trinajstić information content (AvgIpc) is 3.27. The van der Waals surface area contributed by atoms with E-state index in [0.29, 0.717) is 22.3 Å². The highest BCUT2D eigenvalue weighted by molar-refractivity contribution is 9.10. The van der Waals surface area contributed by atoms with E-state index in [0.717, 1.165) is 21.0 Å². The van der Waals surface area contributed by atoms with Crippen molar-refractivity contribution in [3.8, 4) is 11.4 Å². The Hall–Kier alpha value is -2.65. The molecule has 0 aliphatic heterocycles. The molecule has 2 aromatic carbocycles. The molecule has 4 aromatic rings. The van der Waals surface area contributed by atoms with Gasteiger partial charge in [0.2, 0.25) is 5.76 Å². The lowest BCUT2D eigenvalue weighted by Crippen LogP contribution is -2.06. The molecule has 2 aromatic heterocycles. The quantitative estimate of drug-likeness (QED) is 0.259. The van der Waals surface area contributed by atoms with Crippen molar-refractivity contribution in [1.82, 2.24) is 14.8 Å². The first-order chi connectivity index (χ1) is 14.5. The Kier molecular flexibility index (Phi) is 5.92. The van der Waals surface area contributed by atoms with Gasteiger partial charge in [-0.2, -0.15) is 0 Å². The van der Waals surface area contributed by atoms with Gasteiger partial charge in [-0.1, -0.05) is 27.7 Å². The summed E-state index contributed by atoms with van der Waals surface area (Å²) in [6.07, 6.45) is 0. The van der Waals surface area contributed by atoms with Crippen LogP contribution in [0.5, 0.6) is 0 Å². The van der Waals surface area contributed by atoms with E-state index in [-0.39, 0.29) is 18.2 Å². The van der Waals surface area contributed by atoms with Crippen LogP contribution >= 0.6 is 27.7 Å². The first-order valence-electron chi connectivity index (χ1n) is 9.14. The topological polar surface area (TPSA) is 70.2 Å². The number of nitrogens with zero attached hydrogens (tertiary/aromatic N) is 3. The van der Waals surface area contributed by atoms with Crippen LogP contribution in [0.4, 0.5) is 4.39 Å². The number of ether oxygens (including phenoxy) is 1. The van der Waals surface area contributed by atoms with Gasteiger partial charge in [0.15, 0.2) is 11.0 Å². The van der Waals surface area contributed by atoms with Gasteiger partial charge >= 0.3 is 5.97 Å². The first kappa shape index (κ1) is 20.6. The minimum atomic E-state index is -0.495. The van der Waals surface area contributed by atoms with Crippen molar-refractivity contribution in [3.05, 3.63) is 64.1 Å². The summed E-state index contributed by atoms with van der Waals surface area (Å²) in [6, 6.07) is 11.7. The highest BCUT2D eigenvalue weighted by Crippen LogP contribution is 2.34. The zero-order chi connectivity index (χ0) is 21.3. The second-order valence-electron chi connectivity index (χ2n) is 6.43. The van der Waals surface area contributed by atoms with Crippen LogP contribution in [0.1, 0.15) is 23.0 Å². The Labute approximate surface area is 184 Å². The van der Waals surface area contributed by atoms with Gasteiger partial charge in [0, 0.05) is 33.8 Å². The Balaban J connectivity index is 1.65. The molecule has 154 valence electrons. The molecule has 0 amide bonds. The Bertz CT molecular complexity index is 1220. The second kappa shape index (κ2) is 8.61. The molecule has 4 rings (SSSR count). The molecule has 0 bridgehead atoms. The predicted molar refractivity (Wildman–Crippen MR) is 116 cm³/mol. The van der Waals surface area contributed by atoms with E-state index in [2.05, 4.69) is 26.1 Å². The number of halogens is 2. The van der Waals surface area contributed by atoms with Crippen molar-refractivity contribution >= 4 is 44.6 Å². The summed E-state index contributed by atoms with van der Waals surface area (Å²) in [6.45, 7) is 2.01. The summed E-state index contributed by atoms with van der Waals surface area (Å²) in [5.41, 5.74) is 2.12. The molecule has 0 atom stereocenters. The summed E-state index contributed by atoms with van der Waals surface area (Å²) < 4.78 is 26.9. The van der Waals surface area contributed by atoms with Crippen LogP contribution in [0.2, 0.25) is 0 Å². The standard InChI is InChI=1S/C21H17BrFN3O3S/c1-3-28-20(27)18-16(15-10-13(22)6-9-17(15)29-18)11-30-21-25-24-19(26(21)2)12-4-7-14(23)8-5-12/h4-10H,3,11H2,1-2H3. The minimum absolute atomic E-state index is 0.193. The first-order valence-corrected chi connectivity index (χ1v) is 10.9. The van der Waals surface area contributed by atoms with Gasteiger partial charge in [-0.25, -0.2) is 9.18 Å². The van der Waals surface area contributed by atoms with Gasteiger partial charge in [0.25, 0.3) is 0 Å². The number of benzene rings is 2. The molecule has 0 aliphatic carbocycles. The Morgan fingerprint density at radius 1 is 1.23 bits per heavy atom. The minimum Gasteiger partial charge on any atom is -0.460 e. The van der Waals surface area contributed by atoms with Crippen molar-refractivity contribution in [3.63, 3.8) is 0 Å². The number of hydrogen-bond donors (Lipinski definition) is 0. The van der Waals surface area contributed by atoms with Gasteiger partial charge in [0.05, 0.1) is 6.61 Å². The number of rotatable bonds is 6. The number of carbonyl (C=O) groups is 1. The zero-order valence-corrected chi connectivity index (χ0v) is 18.6. The van der Waals surface area contributed by atoms with Gasteiger partial charge in [0.1, 0.15) is 11.4 Å². The van der Waals surface area contributed by atoms with Crippen LogP contribution in [-0.4, -0.2) is 27.3 Å². The molecule has 0 spiro atoms. The highest BCUT2D eigenvalue weighted by Gasteiger charge is 2.23. The summed E-state index contributed by atoms with van der Waals surface area (Å²) in [4.78, 5) is 12.4. The molecule has 0 saturated carbocycles. The van der Waals surface area contributed by atoms with Gasteiger partial charge in [-0.3, -0.25) is 0 Å². The third-order valence-corrected chi connectivity index (χ3v) is 6.04. The molecule has 9 heteroatoms. The van der Waals surface area contributed by atoms with E-state index in [1.807, 2.05) is 29.8 Å². The smallest absolute Gasteiger partial charge is 0.374 e. The van der Waals surface area contributed by atoms with Crippen molar-refractivity contribution in [2.24, 2.45) is 7.05 Å². The molecule has 0 aliphatic rings. The molecule has 2 heterocycles. The van der Waals surface area contributed by atoms with Crippen LogP contribution in [0.25, 0.3) is 22.4 Å². The third kappa shape index (κ3) is 3.99. The van der Waals surface area contributed by atoms with E-state index in [1.165, 1.54) is 23.9 Å². The normalized spacial score (nSPS) is 11.2. The number of hydrogen-bond acceptors (Lipinski definition) is 6. The fourth-order valence-electron chi connectivity index (χ4n) is 3.05. The van der Waals surface area contributed by atoms with E-state index in [4.69, 9.17) is 9.15 Å². The monoisotopic (exact) mass is 489 g/mol. The maximum absolute atomic E-state index is 13.2. The van der Waals surface area contributed by atoms with Crippen LogP contribution in [-0.2, 0) is 17.5 Å². The van der Waals surface area contributed by atoms with E-state index in [9.17, 15) is 9.18 Å². The summed E-state index contributed by atoms with van der Waals surface area (Å²) in [5.74, 6) is 0.458. The highest BCUT2D eigenvalue weighted by atomic mass is 79.9. The van der Waals surface area contributed by atoms with Crippen molar-refractivity contribution < 1.29 is 18.3 Å². The molecular weight excluding hydrogens is 473 g/mol. The number of aromatic nitrogens is 3. The lowest BCUT2D eigenvalue weighted by molar-refractivity contribution is 0.0491. The number of esters is 1. The predicted octanol–water partition coefficient (Wildman–Crippen LogP) is 5.60. The summed E-state index contributed by atoms with van der Waals surface area (Å²) in [5, 5.41) is 9.97. The molecule has 0 radical (unpaired) electrons. The molecular formula is C21H17BrFN3O3S. The van der Waals surface area contributed by atoms with Crippen LogP contribution in [0.3, 0.4) is 0 Å². The lowest BCUT2D eigenvalue weighted by atomic mass is 10.1. The van der Waals surface area contributed by atoms with E-state index >= 15 is 0 Å². The zero-order valence-electron chi connectivity index (χ0n) is 16.2. The van der Waals surface area contributed by atoms with Crippen LogP contribution < -0.4 is 0 Å². The number of thioether (sulfide) groups is 1. The van der Waals surface area contributed by atoms with Crippen LogP contribution in [0.15, 0.2) is 56.5 Å². The third-order valence-electron chi connectivity index (χ3n) is 4.50. The summed E-state index contributed by atoms with van der Waals surface area (Å²) >= 11 is 4.89. The van der Waals surface area contributed by atoms with E-state index in [1.54, 1.807) is 19.1 Å². The summed E-state index contributed by atoms with van der Waals surface area (Å²) in [7, 11) is 1.84. The van der Waals surface area contributed by atoms with Gasteiger partial charge < -0.3 is 13.7 Å². The number of fused-ring (bicyclic) bond motifs is 1. The van der Waals surface area contributed by atoms with Crippen molar-refractivity contribution in [2.75, 3.05) is 6.61 Å². The van der Waals surface area contributed by atoms with Crippen LogP contribution in [0, 0.1) is 5.82 Å². The number of carbonyl (C=O) groups excluding carboxylic acids is 1. The van der Waals surface area contributed by atoms with E-state index < -0.39 is 5.97 Å². The number of furan rings is 1.